The van der Waals surface area contributed by atoms with Crippen LogP contribution < -0.4 is 5.32 Å². The van der Waals surface area contributed by atoms with Gasteiger partial charge in [0.15, 0.2) is 0 Å². The number of nitrogens with one attached hydrogen (secondary N) is 1. The number of hydrogen-bond donors (Lipinski definition) is 1. The maximum atomic E-state index is 5.68. The van der Waals surface area contributed by atoms with E-state index in [-0.39, 0.29) is 11.6 Å². The van der Waals surface area contributed by atoms with Crippen LogP contribution in [0.5, 0.6) is 0 Å². The molecule has 0 amide bonds. The lowest BCUT2D eigenvalue weighted by molar-refractivity contribution is -0.00988. The predicted molar refractivity (Wildman–Crippen MR) is 58.0 cm³/mol. The van der Waals surface area contributed by atoms with Crippen molar-refractivity contribution in [3.63, 3.8) is 0 Å². The van der Waals surface area contributed by atoms with E-state index in [0.29, 0.717) is 6.61 Å². The lowest BCUT2D eigenvalue weighted by atomic mass is 10.1. The lowest BCUT2D eigenvalue weighted by Gasteiger charge is -2.25. The second-order valence-electron chi connectivity index (χ2n) is 4.38. The number of hydrogen-bond acceptors (Lipinski definition) is 2. The Kier molecular flexibility index (Phi) is 5.26. The zero-order valence-electron chi connectivity index (χ0n) is 9.61. The van der Waals surface area contributed by atoms with Gasteiger partial charge in [0, 0.05) is 0 Å². The average molecular weight is 185 g/mol. The van der Waals surface area contributed by atoms with Gasteiger partial charge >= 0.3 is 0 Å². The molecule has 0 spiro atoms. The molecular formula is C11H23NO. The zero-order chi connectivity index (χ0) is 10.5. The molecule has 1 atom stereocenters. The summed E-state index contributed by atoms with van der Waals surface area (Å²) >= 11 is 0. The Balaban J connectivity index is 3.90. The maximum absolute atomic E-state index is 5.68. The van der Waals surface area contributed by atoms with Gasteiger partial charge in [-0.25, -0.2) is 0 Å². The minimum atomic E-state index is -0.0663. The Bertz CT molecular complexity index is 158. The number of rotatable bonds is 5. The van der Waals surface area contributed by atoms with Crippen LogP contribution in [-0.4, -0.2) is 24.8 Å². The molecule has 1 N–H and O–H groups in total. The molecular weight excluding hydrogens is 162 g/mol. The number of ether oxygens (including phenoxy) is 1. The smallest absolute Gasteiger partial charge is 0.0665 e. The Hall–Kier alpha value is -0.340. The van der Waals surface area contributed by atoms with E-state index < -0.39 is 0 Å². The monoisotopic (exact) mass is 185 g/mol. The van der Waals surface area contributed by atoms with Gasteiger partial charge in [-0.2, -0.15) is 0 Å². The van der Waals surface area contributed by atoms with E-state index in [1.807, 2.05) is 6.92 Å². The molecule has 0 bridgehead atoms. The van der Waals surface area contributed by atoms with Crippen LogP contribution in [-0.2, 0) is 4.74 Å². The van der Waals surface area contributed by atoms with Crippen LogP contribution in [0, 0.1) is 0 Å². The van der Waals surface area contributed by atoms with Crippen LogP contribution in [0.15, 0.2) is 12.2 Å². The van der Waals surface area contributed by atoms with E-state index in [4.69, 9.17) is 4.74 Å². The predicted octanol–water partition coefficient (Wildman–Crippen LogP) is 2.36. The highest BCUT2D eigenvalue weighted by molar-refractivity contribution is 5.01. The van der Waals surface area contributed by atoms with Gasteiger partial charge < -0.3 is 10.1 Å². The largest absolute Gasteiger partial charge is 0.374 e. The van der Waals surface area contributed by atoms with E-state index in [2.05, 4.69) is 39.6 Å². The Morgan fingerprint density at radius 3 is 2.31 bits per heavy atom. The first kappa shape index (κ1) is 12.7. The van der Waals surface area contributed by atoms with Crippen molar-refractivity contribution in [3.8, 4) is 0 Å². The third-order valence-corrected chi connectivity index (χ3v) is 1.73. The van der Waals surface area contributed by atoms with Crippen LogP contribution in [0.4, 0.5) is 0 Å². The van der Waals surface area contributed by atoms with Gasteiger partial charge in [-0.1, -0.05) is 19.1 Å². The summed E-state index contributed by atoms with van der Waals surface area (Å²) in [5.74, 6) is 0. The highest BCUT2D eigenvalue weighted by atomic mass is 16.5. The van der Waals surface area contributed by atoms with Gasteiger partial charge in [-0.15, -0.1) is 0 Å². The fourth-order valence-corrected chi connectivity index (χ4v) is 0.955. The minimum Gasteiger partial charge on any atom is -0.374 e. The molecule has 0 aliphatic heterocycles. The van der Waals surface area contributed by atoms with Crippen molar-refractivity contribution >= 4 is 0 Å². The SMILES string of the molecule is C=C(C)C(COC(C)(C)C)NCC. The first-order valence-corrected chi connectivity index (χ1v) is 4.89. The van der Waals surface area contributed by atoms with Crippen molar-refractivity contribution in [3.05, 3.63) is 12.2 Å². The van der Waals surface area contributed by atoms with Gasteiger partial charge in [0.1, 0.15) is 0 Å². The molecule has 0 aromatic heterocycles. The van der Waals surface area contributed by atoms with Gasteiger partial charge in [-0.05, 0) is 34.2 Å². The van der Waals surface area contributed by atoms with Gasteiger partial charge in [0.2, 0.25) is 0 Å². The van der Waals surface area contributed by atoms with E-state index >= 15 is 0 Å². The van der Waals surface area contributed by atoms with Crippen molar-refractivity contribution in [2.45, 2.75) is 46.3 Å². The van der Waals surface area contributed by atoms with Crippen molar-refractivity contribution in [1.29, 1.82) is 0 Å². The summed E-state index contributed by atoms with van der Waals surface area (Å²) in [7, 11) is 0. The van der Waals surface area contributed by atoms with Gasteiger partial charge in [0.25, 0.3) is 0 Å². The molecule has 2 heteroatoms. The van der Waals surface area contributed by atoms with Gasteiger partial charge in [-0.3, -0.25) is 0 Å². The average Bonchev–Trinajstić information content (AvgIpc) is 1.95. The first-order valence-electron chi connectivity index (χ1n) is 4.89. The molecule has 0 fully saturated rings. The molecule has 2 nitrogen and oxygen atoms in total. The molecule has 78 valence electrons. The van der Waals surface area contributed by atoms with Crippen LogP contribution >= 0.6 is 0 Å². The first-order chi connectivity index (χ1) is 5.87. The molecule has 0 rings (SSSR count). The Labute approximate surface area is 82.4 Å². The highest BCUT2D eigenvalue weighted by Gasteiger charge is 2.14. The molecule has 0 aliphatic rings. The Morgan fingerprint density at radius 2 is 2.00 bits per heavy atom. The van der Waals surface area contributed by atoms with Crippen LogP contribution in [0.3, 0.4) is 0 Å². The molecule has 0 aromatic carbocycles. The summed E-state index contributed by atoms with van der Waals surface area (Å²) in [6.07, 6.45) is 0. The van der Waals surface area contributed by atoms with Crippen LogP contribution in [0.25, 0.3) is 0 Å². The molecule has 0 radical (unpaired) electrons. The lowest BCUT2D eigenvalue weighted by Crippen LogP contribution is -2.37. The van der Waals surface area contributed by atoms with Crippen LogP contribution in [0.2, 0.25) is 0 Å². The van der Waals surface area contributed by atoms with Crippen molar-refractivity contribution in [2.24, 2.45) is 0 Å². The van der Waals surface area contributed by atoms with E-state index in [0.717, 1.165) is 12.1 Å². The molecule has 0 aromatic rings. The molecule has 1 unspecified atom stereocenters. The van der Waals surface area contributed by atoms with Crippen molar-refractivity contribution < 1.29 is 4.74 Å². The second-order valence-corrected chi connectivity index (χ2v) is 4.38. The zero-order valence-corrected chi connectivity index (χ0v) is 9.61. The molecule has 0 aliphatic carbocycles. The summed E-state index contributed by atoms with van der Waals surface area (Å²) in [5, 5.41) is 3.33. The summed E-state index contributed by atoms with van der Waals surface area (Å²) in [5.41, 5.74) is 1.06. The fourth-order valence-electron chi connectivity index (χ4n) is 0.955. The number of likely N-dealkylation sites (N-methyl/N-ethyl adjacent to an activating group) is 1. The summed E-state index contributed by atoms with van der Waals surface area (Å²) in [6, 6.07) is 0.282. The van der Waals surface area contributed by atoms with Crippen molar-refractivity contribution in [1.82, 2.24) is 5.32 Å². The molecule has 13 heavy (non-hydrogen) atoms. The van der Waals surface area contributed by atoms with E-state index in [1.54, 1.807) is 0 Å². The van der Waals surface area contributed by atoms with Crippen molar-refractivity contribution in [2.75, 3.05) is 13.2 Å². The quantitative estimate of drug-likeness (QED) is 0.664. The molecule has 0 saturated carbocycles. The second kappa shape index (κ2) is 5.40. The van der Waals surface area contributed by atoms with Gasteiger partial charge in [0.05, 0.1) is 18.2 Å². The maximum Gasteiger partial charge on any atom is 0.0665 e. The topological polar surface area (TPSA) is 21.3 Å². The minimum absolute atomic E-state index is 0.0663. The molecule has 0 saturated heterocycles. The van der Waals surface area contributed by atoms with E-state index in [1.165, 1.54) is 0 Å². The third kappa shape index (κ3) is 6.79. The standard InChI is InChI=1S/C11H23NO/c1-7-12-10(9(2)3)8-13-11(4,5)6/h10,12H,2,7-8H2,1,3-6H3. The summed E-state index contributed by atoms with van der Waals surface area (Å²) in [6.45, 7) is 15.9. The normalized spacial score (nSPS) is 14.2. The van der Waals surface area contributed by atoms with Crippen LogP contribution in [0.1, 0.15) is 34.6 Å². The summed E-state index contributed by atoms with van der Waals surface area (Å²) in [4.78, 5) is 0. The molecule has 0 heterocycles. The third-order valence-electron chi connectivity index (χ3n) is 1.73. The summed E-state index contributed by atoms with van der Waals surface area (Å²) < 4.78 is 5.68. The Morgan fingerprint density at radius 1 is 1.46 bits per heavy atom. The fraction of sp³-hybridized carbons (Fsp3) is 0.818. The highest BCUT2D eigenvalue weighted by Crippen LogP contribution is 2.09. The van der Waals surface area contributed by atoms with E-state index in [9.17, 15) is 0 Å².